The smallest absolute Gasteiger partial charge is 0.262 e. The minimum absolute atomic E-state index is 0.0715. The number of hydrogen-bond acceptors (Lipinski definition) is 3. The van der Waals surface area contributed by atoms with Gasteiger partial charge in [-0.1, -0.05) is 36.4 Å². The zero-order valence-corrected chi connectivity index (χ0v) is 16.4. The molecule has 4 aliphatic carbocycles. The second-order valence-corrected chi connectivity index (χ2v) is 9.80. The molecule has 2 aromatic carbocycles. The van der Waals surface area contributed by atoms with Crippen LogP contribution in [0.25, 0.3) is 10.8 Å². The zero-order chi connectivity index (χ0) is 19.1. The molecular weight excluding hydrogens is 346 g/mol. The molecule has 144 valence electrons. The highest BCUT2D eigenvalue weighted by atomic mass is 16.2. The molecule has 0 radical (unpaired) electrons. The number of likely N-dealkylation sites (N-methyl/N-ethyl adjacent to an activating group) is 1. The Hall–Kier alpha value is -2.36. The molecule has 4 fully saturated rings. The third-order valence-electron chi connectivity index (χ3n) is 8.21. The van der Waals surface area contributed by atoms with E-state index in [1.165, 1.54) is 30.0 Å². The van der Waals surface area contributed by atoms with E-state index in [1.807, 2.05) is 0 Å². The van der Waals surface area contributed by atoms with Gasteiger partial charge in [0.2, 0.25) is 0 Å². The highest BCUT2D eigenvalue weighted by molar-refractivity contribution is 6.08. The highest BCUT2D eigenvalue weighted by Gasteiger charge is 2.67. The lowest BCUT2D eigenvalue weighted by Crippen LogP contribution is -2.59. The first-order valence-corrected chi connectivity index (χ1v) is 10.6. The maximum Gasteiger partial charge on any atom is 0.262 e. The molecule has 0 spiro atoms. The summed E-state index contributed by atoms with van der Waals surface area (Å²) in [5.74, 6) is 2.69. The summed E-state index contributed by atoms with van der Waals surface area (Å²) in [5, 5.41) is 2.36. The van der Waals surface area contributed by atoms with Crippen LogP contribution in [0.4, 0.5) is 0 Å². The minimum atomic E-state index is -0.855. The second kappa shape index (κ2) is 5.37. The lowest BCUT2D eigenvalue weighted by molar-refractivity contribution is -0.149. The van der Waals surface area contributed by atoms with Crippen molar-refractivity contribution in [3.63, 3.8) is 0 Å². The van der Waals surface area contributed by atoms with Gasteiger partial charge in [0.15, 0.2) is 11.5 Å². The summed E-state index contributed by atoms with van der Waals surface area (Å²) in [6.07, 6.45) is 7.37. The van der Waals surface area contributed by atoms with Gasteiger partial charge >= 0.3 is 0 Å². The van der Waals surface area contributed by atoms with E-state index in [4.69, 9.17) is 10.7 Å². The molecular formula is C24H27N3O. The van der Waals surface area contributed by atoms with Crippen LogP contribution < -0.4 is 5.73 Å². The number of rotatable bonds is 2. The Labute approximate surface area is 165 Å². The fraction of sp³-hybridized carbons (Fsp3) is 0.500. The second-order valence-electron chi connectivity index (χ2n) is 9.80. The van der Waals surface area contributed by atoms with Crippen LogP contribution in [0, 0.1) is 23.2 Å². The van der Waals surface area contributed by atoms with Gasteiger partial charge in [-0.3, -0.25) is 9.69 Å². The Morgan fingerprint density at radius 3 is 2.14 bits per heavy atom. The average Bonchev–Trinajstić information content (AvgIpc) is 2.92. The number of nitrogens with two attached hydrogens (primary N) is 1. The maximum absolute atomic E-state index is 13.8. The predicted octanol–water partition coefficient (Wildman–Crippen LogP) is 4.04. The third kappa shape index (κ3) is 1.96. The van der Waals surface area contributed by atoms with Crippen LogP contribution in [0.1, 0.15) is 44.1 Å². The standard InChI is InChI=1S/C24H27N3O/c1-27-21(28)24(26-22(27)25,20-7-6-18-4-2-3-5-19(18)11-20)23-12-15-8-16(13-23)10-17(9-15)14-23/h2-7,11,15-17H,8-10,12-14H2,1H3,(H2,25,26)/t15?,16?,17?,23?,24-/m1/s1. The van der Waals surface area contributed by atoms with E-state index in [1.54, 1.807) is 11.9 Å². The molecule has 7 rings (SSSR count). The van der Waals surface area contributed by atoms with Crippen molar-refractivity contribution in [1.29, 1.82) is 0 Å². The topological polar surface area (TPSA) is 58.7 Å². The van der Waals surface area contributed by atoms with Crippen LogP contribution in [-0.4, -0.2) is 23.8 Å². The molecule has 1 amide bonds. The predicted molar refractivity (Wildman–Crippen MR) is 111 cm³/mol. The molecule has 1 atom stereocenters. The van der Waals surface area contributed by atoms with Gasteiger partial charge in [0.05, 0.1) is 0 Å². The SMILES string of the molecule is CN1C(=O)[C@](c2ccc3ccccc3c2)(C23CC4CC(CC(C4)C2)C3)N=C1N. The molecule has 1 aliphatic heterocycles. The average molecular weight is 374 g/mol. The number of fused-ring (bicyclic) bond motifs is 1. The Morgan fingerprint density at radius 1 is 0.964 bits per heavy atom. The summed E-state index contributed by atoms with van der Waals surface area (Å²) >= 11 is 0. The highest BCUT2D eigenvalue weighted by Crippen LogP contribution is 2.67. The number of hydrogen-bond donors (Lipinski definition) is 1. The van der Waals surface area contributed by atoms with E-state index in [0.29, 0.717) is 5.96 Å². The first-order chi connectivity index (χ1) is 13.5. The molecule has 4 nitrogen and oxygen atoms in total. The van der Waals surface area contributed by atoms with Gasteiger partial charge < -0.3 is 5.73 Å². The number of aliphatic imine (C=N–C) groups is 1. The summed E-state index contributed by atoms with van der Waals surface area (Å²) in [7, 11) is 1.78. The van der Waals surface area contributed by atoms with Gasteiger partial charge in [0.1, 0.15) is 0 Å². The molecule has 0 unspecified atom stereocenters. The quantitative estimate of drug-likeness (QED) is 0.864. The minimum Gasteiger partial charge on any atom is -0.369 e. The Morgan fingerprint density at radius 2 is 1.57 bits per heavy atom. The molecule has 4 saturated carbocycles. The van der Waals surface area contributed by atoms with Crippen LogP contribution in [0.15, 0.2) is 47.5 Å². The van der Waals surface area contributed by atoms with Gasteiger partial charge in [-0.25, -0.2) is 4.99 Å². The maximum atomic E-state index is 13.8. The lowest BCUT2D eigenvalue weighted by Gasteiger charge is -2.61. The summed E-state index contributed by atoms with van der Waals surface area (Å²) in [4.78, 5) is 20.4. The van der Waals surface area contributed by atoms with E-state index in [9.17, 15) is 4.79 Å². The van der Waals surface area contributed by atoms with E-state index in [0.717, 1.165) is 42.6 Å². The summed E-state index contributed by atoms with van der Waals surface area (Å²) < 4.78 is 0. The molecule has 0 saturated heterocycles. The third-order valence-corrected chi connectivity index (χ3v) is 8.21. The van der Waals surface area contributed by atoms with E-state index in [-0.39, 0.29) is 11.3 Å². The van der Waals surface area contributed by atoms with Crippen molar-refractivity contribution in [3.8, 4) is 0 Å². The number of nitrogens with zero attached hydrogens (tertiary/aromatic N) is 2. The number of guanidine groups is 1. The van der Waals surface area contributed by atoms with Crippen LogP contribution in [0.3, 0.4) is 0 Å². The normalized spacial score (nSPS) is 39.0. The van der Waals surface area contributed by atoms with Gasteiger partial charge in [0.25, 0.3) is 5.91 Å². The summed E-state index contributed by atoms with van der Waals surface area (Å²) in [6, 6.07) is 14.8. The van der Waals surface area contributed by atoms with Crippen molar-refractivity contribution < 1.29 is 4.79 Å². The molecule has 2 aromatic rings. The Balaban J connectivity index is 1.60. The van der Waals surface area contributed by atoms with Crippen LogP contribution in [0.5, 0.6) is 0 Å². The molecule has 0 aromatic heterocycles. The number of benzene rings is 2. The molecule has 1 heterocycles. The number of amides is 1. The van der Waals surface area contributed by atoms with Crippen molar-refractivity contribution in [2.45, 2.75) is 44.1 Å². The van der Waals surface area contributed by atoms with Gasteiger partial charge in [0, 0.05) is 12.5 Å². The van der Waals surface area contributed by atoms with Crippen LogP contribution in [0.2, 0.25) is 0 Å². The first-order valence-electron chi connectivity index (χ1n) is 10.6. The lowest BCUT2D eigenvalue weighted by atomic mass is 9.43. The Bertz CT molecular complexity index is 990. The van der Waals surface area contributed by atoms with E-state index < -0.39 is 5.54 Å². The van der Waals surface area contributed by atoms with Crippen molar-refractivity contribution in [3.05, 3.63) is 48.0 Å². The largest absolute Gasteiger partial charge is 0.369 e. The van der Waals surface area contributed by atoms with Gasteiger partial charge in [-0.15, -0.1) is 0 Å². The number of carbonyl (C=O) groups is 1. The first kappa shape index (κ1) is 16.6. The number of carbonyl (C=O) groups excluding carboxylic acids is 1. The van der Waals surface area contributed by atoms with Crippen molar-refractivity contribution in [1.82, 2.24) is 4.90 Å². The fourth-order valence-electron chi connectivity index (χ4n) is 7.45. The Kier molecular flexibility index (Phi) is 3.18. The zero-order valence-electron chi connectivity index (χ0n) is 16.4. The molecule has 2 N–H and O–H groups in total. The van der Waals surface area contributed by atoms with Crippen molar-refractivity contribution in [2.75, 3.05) is 7.05 Å². The monoisotopic (exact) mass is 373 g/mol. The van der Waals surface area contributed by atoms with Crippen molar-refractivity contribution in [2.24, 2.45) is 33.9 Å². The van der Waals surface area contributed by atoms with Crippen molar-refractivity contribution >= 4 is 22.6 Å². The van der Waals surface area contributed by atoms with Gasteiger partial charge in [-0.05, 0) is 78.7 Å². The molecule has 4 bridgehead atoms. The van der Waals surface area contributed by atoms with E-state index >= 15 is 0 Å². The van der Waals surface area contributed by atoms with E-state index in [2.05, 4.69) is 42.5 Å². The summed E-state index contributed by atoms with van der Waals surface area (Å²) in [6.45, 7) is 0. The summed E-state index contributed by atoms with van der Waals surface area (Å²) in [5.41, 5.74) is 6.36. The fourth-order valence-corrected chi connectivity index (χ4v) is 7.45. The molecule has 5 aliphatic rings. The molecule has 28 heavy (non-hydrogen) atoms. The molecule has 4 heteroatoms. The van der Waals surface area contributed by atoms with Gasteiger partial charge in [-0.2, -0.15) is 0 Å². The van der Waals surface area contributed by atoms with Crippen LogP contribution >= 0.6 is 0 Å². The van der Waals surface area contributed by atoms with Crippen LogP contribution in [-0.2, 0) is 10.3 Å².